The van der Waals surface area contributed by atoms with E-state index in [4.69, 9.17) is 0 Å². The highest BCUT2D eigenvalue weighted by Crippen LogP contribution is 2.17. The van der Waals surface area contributed by atoms with Gasteiger partial charge in [-0.3, -0.25) is 14.2 Å². The second-order valence-corrected chi connectivity index (χ2v) is 7.45. The Morgan fingerprint density at radius 3 is 2.72 bits per heavy atom. The Morgan fingerprint density at radius 2 is 1.97 bits per heavy atom. The van der Waals surface area contributed by atoms with Crippen LogP contribution < -0.4 is 15.8 Å². The van der Waals surface area contributed by atoms with Gasteiger partial charge in [-0.05, 0) is 50.8 Å². The van der Waals surface area contributed by atoms with E-state index in [1.165, 1.54) is 23.5 Å². The first-order chi connectivity index (χ1) is 14.0. The van der Waals surface area contributed by atoms with Crippen molar-refractivity contribution in [3.05, 3.63) is 52.7 Å². The van der Waals surface area contributed by atoms with Crippen molar-refractivity contribution in [1.29, 1.82) is 0 Å². The smallest absolute Gasteiger partial charge is 0.265 e. The van der Waals surface area contributed by atoms with Gasteiger partial charge >= 0.3 is 0 Å². The Kier molecular flexibility index (Phi) is 5.24. The molecule has 2 aromatic heterocycles. The third kappa shape index (κ3) is 3.96. The zero-order chi connectivity index (χ0) is 20.4. The zero-order valence-electron chi connectivity index (χ0n) is 16.6. The van der Waals surface area contributed by atoms with E-state index in [0.29, 0.717) is 22.7 Å². The van der Waals surface area contributed by atoms with Crippen LogP contribution in [0.1, 0.15) is 37.8 Å². The number of benzene rings is 1. The summed E-state index contributed by atoms with van der Waals surface area (Å²) in [5.74, 6) is 0.316. The molecule has 0 radical (unpaired) electrons. The lowest BCUT2D eigenvalue weighted by Gasteiger charge is -2.26. The van der Waals surface area contributed by atoms with E-state index in [-0.39, 0.29) is 11.5 Å². The molecule has 1 atom stereocenters. The summed E-state index contributed by atoms with van der Waals surface area (Å²) in [6, 6.07) is 6.80. The van der Waals surface area contributed by atoms with Gasteiger partial charge in [0, 0.05) is 25.0 Å². The van der Waals surface area contributed by atoms with Gasteiger partial charge in [-0.1, -0.05) is 12.1 Å². The SMILES string of the molecule is Cc1cccc(NC(=O)[C@@H](C)n2cnc3nc(N4CCCCC4)ncc3c2=O)c1. The van der Waals surface area contributed by atoms with E-state index in [1.54, 1.807) is 6.92 Å². The van der Waals surface area contributed by atoms with Crippen LogP contribution in [0, 0.1) is 6.92 Å². The fraction of sp³-hybridized carbons (Fsp3) is 0.381. The molecular weight excluding hydrogens is 368 g/mol. The number of aromatic nitrogens is 4. The Labute approximate surface area is 168 Å². The molecule has 1 aromatic carbocycles. The molecule has 8 nitrogen and oxygen atoms in total. The molecule has 1 aliphatic heterocycles. The number of anilines is 2. The highest BCUT2D eigenvalue weighted by atomic mass is 16.2. The molecule has 0 bridgehead atoms. The molecule has 1 fully saturated rings. The lowest BCUT2D eigenvalue weighted by Crippen LogP contribution is -2.33. The number of carbonyl (C=O) groups is 1. The lowest BCUT2D eigenvalue weighted by atomic mass is 10.1. The van der Waals surface area contributed by atoms with Crippen molar-refractivity contribution < 1.29 is 4.79 Å². The average Bonchev–Trinajstić information content (AvgIpc) is 2.74. The van der Waals surface area contributed by atoms with Crippen LogP contribution in [0.4, 0.5) is 11.6 Å². The van der Waals surface area contributed by atoms with Gasteiger partial charge in [-0.15, -0.1) is 0 Å². The van der Waals surface area contributed by atoms with E-state index in [0.717, 1.165) is 31.5 Å². The second-order valence-electron chi connectivity index (χ2n) is 7.45. The average molecular weight is 392 g/mol. The van der Waals surface area contributed by atoms with Gasteiger partial charge in [-0.25, -0.2) is 9.97 Å². The molecular formula is C21H24N6O2. The maximum Gasteiger partial charge on any atom is 0.265 e. The summed E-state index contributed by atoms with van der Waals surface area (Å²) in [5.41, 5.74) is 1.76. The van der Waals surface area contributed by atoms with Gasteiger partial charge in [0.2, 0.25) is 11.9 Å². The molecule has 0 saturated carbocycles. The minimum Gasteiger partial charge on any atom is -0.341 e. The van der Waals surface area contributed by atoms with E-state index < -0.39 is 6.04 Å². The molecule has 8 heteroatoms. The fourth-order valence-electron chi connectivity index (χ4n) is 3.54. The number of nitrogens with one attached hydrogen (secondary N) is 1. The standard InChI is InChI=1S/C21H24N6O2/c1-14-7-6-8-16(11-14)24-19(28)15(2)27-13-23-18-17(20(27)29)12-22-21(25-18)26-9-4-3-5-10-26/h6-8,11-13,15H,3-5,9-10H2,1-2H3,(H,24,28)/t15-/m1/s1. The fourth-order valence-corrected chi connectivity index (χ4v) is 3.54. The van der Waals surface area contributed by atoms with Gasteiger partial charge in [0.05, 0.1) is 0 Å². The lowest BCUT2D eigenvalue weighted by molar-refractivity contribution is -0.118. The summed E-state index contributed by atoms with van der Waals surface area (Å²) in [6.07, 6.45) is 6.35. The van der Waals surface area contributed by atoms with Crippen LogP contribution >= 0.6 is 0 Å². The quantitative estimate of drug-likeness (QED) is 0.734. The van der Waals surface area contributed by atoms with Crippen LogP contribution in [-0.2, 0) is 4.79 Å². The minimum atomic E-state index is -0.721. The number of piperidine rings is 1. The number of aryl methyl sites for hydroxylation is 1. The highest BCUT2D eigenvalue weighted by molar-refractivity contribution is 5.93. The van der Waals surface area contributed by atoms with E-state index in [1.807, 2.05) is 31.2 Å². The number of amides is 1. The van der Waals surface area contributed by atoms with Crippen LogP contribution in [0.15, 0.2) is 41.6 Å². The molecule has 0 unspecified atom stereocenters. The molecule has 1 saturated heterocycles. The number of nitrogens with zero attached hydrogens (tertiary/aromatic N) is 5. The molecule has 0 spiro atoms. The second kappa shape index (κ2) is 7.98. The molecule has 1 aliphatic rings. The normalized spacial score (nSPS) is 15.3. The van der Waals surface area contributed by atoms with Crippen LogP contribution in [0.25, 0.3) is 11.0 Å². The molecule has 150 valence electrons. The van der Waals surface area contributed by atoms with Gasteiger partial charge in [0.15, 0.2) is 5.65 Å². The summed E-state index contributed by atoms with van der Waals surface area (Å²) < 4.78 is 1.32. The number of rotatable bonds is 4. The summed E-state index contributed by atoms with van der Waals surface area (Å²) in [5, 5.41) is 3.15. The van der Waals surface area contributed by atoms with Crippen molar-refractivity contribution in [3.63, 3.8) is 0 Å². The largest absolute Gasteiger partial charge is 0.341 e. The Hall–Kier alpha value is -3.29. The van der Waals surface area contributed by atoms with Crippen molar-refractivity contribution in [2.75, 3.05) is 23.3 Å². The van der Waals surface area contributed by atoms with Crippen molar-refractivity contribution >= 4 is 28.6 Å². The highest BCUT2D eigenvalue weighted by Gasteiger charge is 2.20. The summed E-state index contributed by atoms with van der Waals surface area (Å²) in [6.45, 7) is 5.45. The topological polar surface area (TPSA) is 93.0 Å². The number of hydrogen-bond donors (Lipinski definition) is 1. The minimum absolute atomic E-state index is 0.287. The van der Waals surface area contributed by atoms with Crippen LogP contribution in [0.2, 0.25) is 0 Å². The van der Waals surface area contributed by atoms with Crippen LogP contribution in [0.3, 0.4) is 0 Å². The van der Waals surface area contributed by atoms with Crippen LogP contribution in [-0.4, -0.2) is 38.5 Å². The van der Waals surface area contributed by atoms with Crippen molar-refractivity contribution in [1.82, 2.24) is 19.5 Å². The van der Waals surface area contributed by atoms with E-state index in [9.17, 15) is 9.59 Å². The Bertz CT molecular complexity index is 1100. The first-order valence-electron chi connectivity index (χ1n) is 9.89. The number of hydrogen-bond acceptors (Lipinski definition) is 6. The maximum atomic E-state index is 12.9. The number of carbonyl (C=O) groups excluding carboxylic acids is 1. The Morgan fingerprint density at radius 1 is 1.17 bits per heavy atom. The predicted molar refractivity (Wildman–Crippen MR) is 112 cm³/mol. The van der Waals surface area contributed by atoms with E-state index in [2.05, 4.69) is 25.2 Å². The maximum absolute atomic E-state index is 12.9. The monoisotopic (exact) mass is 392 g/mol. The Balaban J connectivity index is 1.59. The van der Waals surface area contributed by atoms with Gasteiger partial charge < -0.3 is 10.2 Å². The summed E-state index contributed by atoms with van der Waals surface area (Å²) in [7, 11) is 0. The van der Waals surface area contributed by atoms with Crippen molar-refractivity contribution in [2.24, 2.45) is 0 Å². The third-order valence-corrected chi connectivity index (χ3v) is 5.25. The first-order valence-corrected chi connectivity index (χ1v) is 9.89. The first kappa shape index (κ1) is 19.0. The van der Waals surface area contributed by atoms with Gasteiger partial charge in [0.1, 0.15) is 17.8 Å². The van der Waals surface area contributed by atoms with Gasteiger partial charge in [0.25, 0.3) is 5.56 Å². The van der Waals surface area contributed by atoms with Crippen LogP contribution in [0.5, 0.6) is 0 Å². The molecule has 29 heavy (non-hydrogen) atoms. The summed E-state index contributed by atoms with van der Waals surface area (Å²) in [4.78, 5) is 40.8. The molecule has 1 N–H and O–H groups in total. The molecule has 0 aliphatic carbocycles. The van der Waals surface area contributed by atoms with Gasteiger partial charge in [-0.2, -0.15) is 4.98 Å². The molecule has 1 amide bonds. The molecule has 3 aromatic rings. The number of fused-ring (bicyclic) bond motifs is 1. The van der Waals surface area contributed by atoms with Crippen molar-refractivity contribution in [3.8, 4) is 0 Å². The van der Waals surface area contributed by atoms with E-state index >= 15 is 0 Å². The predicted octanol–water partition coefficient (Wildman–Crippen LogP) is 2.68. The summed E-state index contributed by atoms with van der Waals surface area (Å²) >= 11 is 0. The van der Waals surface area contributed by atoms with Crippen molar-refractivity contribution in [2.45, 2.75) is 39.2 Å². The molecule has 3 heterocycles. The molecule has 4 rings (SSSR count). The zero-order valence-corrected chi connectivity index (χ0v) is 16.6. The third-order valence-electron chi connectivity index (χ3n) is 5.25.